The highest BCUT2D eigenvalue weighted by atomic mass is 16.5. The van der Waals surface area contributed by atoms with Gasteiger partial charge in [-0.15, -0.1) is 0 Å². The van der Waals surface area contributed by atoms with E-state index in [1.165, 1.54) is 6.07 Å². The molecule has 3 N–H and O–H groups in total. The average molecular weight is 448 g/mol. The highest BCUT2D eigenvalue weighted by Gasteiger charge is 2.55. The minimum Gasteiger partial charge on any atom is -0.374 e. The zero-order valence-corrected chi connectivity index (χ0v) is 19.3. The maximum Gasteiger partial charge on any atom is 0.249 e. The first-order chi connectivity index (χ1) is 15.8. The number of rotatable bonds is 5. The number of aromatic nitrogens is 4. The number of H-pyrrole nitrogens is 1. The van der Waals surface area contributed by atoms with Crippen molar-refractivity contribution in [1.29, 1.82) is 0 Å². The molecule has 3 aromatic rings. The Morgan fingerprint density at radius 1 is 1.24 bits per heavy atom. The van der Waals surface area contributed by atoms with Crippen molar-refractivity contribution in [3.8, 4) is 0 Å². The number of nitrogens with zero attached hydrogens (tertiary/aromatic N) is 4. The largest absolute Gasteiger partial charge is 0.374 e. The molecule has 2 aliphatic heterocycles. The zero-order chi connectivity index (χ0) is 23.2. The third-order valence-electron chi connectivity index (χ3n) is 6.53. The lowest BCUT2D eigenvalue weighted by Gasteiger charge is -2.46. The van der Waals surface area contributed by atoms with Gasteiger partial charge in [-0.2, -0.15) is 4.98 Å². The maximum absolute atomic E-state index is 11.7. The minimum atomic E-state index is -0.270. The first-order valence-corrected chi connectivity index (χ1v) is 11.2. The van der Waals surface area contributed by atoms with Gasteiger partial charge < -0.3 is 25.3 Å². The van der Waals surface area contributed by atoms with E-state index < -0.39 is 0 Å². The van der Waals surface area contributed by atoms with Crippen LogP contribution in [0.3, 0.4) is 0 Å². The Balaban J connectivity index is 1.61. The summed E-state index contributed by atoms with van der Waals surface area (Å²) in [7, 11) is 1.91. The molecular formula is C24H29N7O2. The average Bonchev–Trinajstić information content (AvgIpc) is 3.01. The molecule has 33 heavy (non-hydrogen) atoms. The molecule has 2 aliphatic rings. The van der Waals surface area contributed by atoms with Crippen LogP contribution in [0.2, 0.25) is 0 Å². The molecule has 9 nitrogen and oxygen atoms in total. The van der Waals surface area contributed by atoms with E-state index >= 15 is 0 Å². The number of hydrogen-bond acceptors (Lipinski definition) is 8. The zero-order valence-electron chi connectivity index (χ0n) is 19.3. The van der Waals surface area contributed by atoms with Crippen LogP contribution < -0.4 is 21.1 Å². The molecule has 0 unspecified atom stereocenters. The molecular weight excluding hydrogens is 418 g/mol. The number of ether oxygens (including phenoxy) is 1. The Bertz CT molecular complexity index is 1240. The molecule has 3 aromatic heterocycles. The smallest absolute Gasteiger partial charge is 0.249 e. The number of aromatic amines is 1. The molecule has 1 saturated heterocycles. The van der Waals surface area contributed by atoms with E-state index in [1.807, 2.05) is 31.4 Å². The first kappa shape index (κ1) is 21.5. The summed E-state index contributed by atoms with van der Waals surface area (Å²) in [6.45, 7) is 7.74. The first-order valence-electron chi connectivity index (χ1n) is 11.2. The van der Waals surface area contributed by atoms with Gasteiger partial charge in [-0.25, -0.2) is 9.97 Å². The minimum absolute atomic E-state index is 0.123. The Kier molecular flexibility index (Phi) is 5.18. The standard InChI is InChI=1S/C24H29N7O2/c1-23(2)11-18-24(3,14-33-23)17-13-27-22(29-15-8-9-26-20(32)10-15)30-21(17)31(18)19-7-5-6-16(28-19)12-25-4/h5-10,13,18,25H,11-12,14H2,1-4H3,(H2,26,27,29,30,32)/t18-,24-/m1/s1. The van der Waals surface area contributed by atoms with Crippen molar-refractivity contribution in [2.45, 2.75) is 50.8 Å². The molecule has 0 aromatic carbocycles. The van der Waals surface area contributed by atoms with Crippen molar-refractivity contribution >= 4 is 23.3 Å². The Hall–Kier alpha value is -3.30. The van der Waals surface area contributed by atoms with E-state index in [-0.39, 0.29) is 22.6 Å². The van der Waals surface area contributed by atoms with Crippen LogP contribution in [0, 0.1) is 0 Å². The Labute approximate surface area is 192 Å². The second-order valence-electron chi connectivity index (χ2n) is 9.57. The molecule has 0 bridgehead atoms. The van der Waals surface area contributed by atoms with Crippen LogP contribution in [-0.4, -0.2) is 45.2 Å². The van der Waals surface area contributed by atoms with E-state index in [9.17, 15) is 4.79 Å². The molecule has 5 rings (SSSR count). The lowest BCUT2D eigenvalue weighted by atomic mass is 9.73. The van der Waals surface area contributed by atoms with Gasteiger partial charge in [0.15, 0.2) is 0 Å². The van der Waals surface area contributed by atoms with Gasteiger partial charge in [0.1, 0.15) is 11.6 Å². The number of pyridine rings is 2. The molecule has 1 fully saturated rings. The topological polar surface area (TPSA) is 108 Å². The van der Waals surface area contributed by atoms with Crippen LogP contribution >= 0.6 is 0 Å². The molecule has 172 valence electrons. The molecule has 0 amide bonds. The molecule has 0 aliphatic carbocycles. The van der Waals surface area contributed by atoms with Crippen LogP contribution in [0.15, 0.2) is 47.5 Å². The maximum atomic E-state index is 11.7. The highest BCUT2D eigenvalue weighted by Crippen LogP contribution is 2.52. The van der Waals surface area contributed by atoms with Gasteiger partial charge in [-0.1, -0.05) is 13.0 Å². The van der Waals surface area contributed by atoms with Crippen molar-refractivity contribution in [2.24, 2.45) is 0 Å². The monoisotopic (exact) mass is 447 g/mol. The number of fused-ring (bicyclic) bond motifs is 3. The Morgan fingerprint density at radius 3 is 2.88 bits per heavy atom. The van der Waals surface area contributed by atoms with E-state index in [0.717, 1.165) is 29.3 Å². The molecule has 5 heterocycles. The predicted molar refractivity (Wildman–Crippen MR) is 127 cm³/mol. The van der Waals surface area contributed by atoms with Crippen LogP contribution in [-0.2, 0) is 16.7 Å². The fourth-order valence-corrected chi connectivity index (χ4v) is 4.79. The second kappa shape index (κ2) is 7.93. The molecule has 0 spiro atoms. The van der Waals surface area contributed by atoms with Crippen molar-refractivity contribution in [2.75, 3.05) is 23.9 Å². The van der Waals surface area contributed by atoms with Gasteiger partial charge >= 0.3 is 0 Å². The lowest BCUT2D eigenvalue weighted by Crippen LogP contribution is -2.54. The normalized spacial score (nSPS) is 23.2. The van der Waals surface area contributed by atoms with Crippen LogP contribution in [0.4, 0.5) is 23.3 Å². The van der Waals surface area contributed by atoms with E-state index in [2.05, 4.69) is 46.3 Å². The fraction of sp³-hybridized carbons (Fsp3) is 0.417. The quantitative estimate of drug-likeness (QED) is 0.548. The van der Waals surface area contributed by atoms with Crippen LogP contribution in [0.5, 0.6) is 0 Å². The Morgan fingerprint density at radius 2 is 2.09 bits per heavy atom. The summed E-state index contributed by atoms with van der Waals surface area (Å²) in [5.41, 5.74) is 1.92. The second-order valence-corrected chi connectivity index (χ2v) is 9.57. The van der Waals surface area contributed by atoms with Crippen molar-refractivity contribution in [1.82, 2.24) is 25.3 Å². The van der Waals surface area contributed by atoms with Crippen LogP contribution in [0.25, 0.3) is 0 Å². The molecule has 0 radical (unpaired) electrons. The highest BCUT2D eigenvalue weighted by molar-refractivity contribution is 5.71. The van der Waals surface area contributed by atoms with Gasteiger partial charge in [0, 0.05) is 41.7 Å². The van der Waals surface area contributed by atoms with Crippen molar-refractivity contribution in [3.63, 3.8) is 0 Å². The van der Waals surface area contributed by atoms with E-state index in [0.29, 0.717) is 24.8 Å². The number of anilines is 4. The van der Waals surface area contributed by atoms with Crippen molar-refractivity contribution in [3.05, 3.63) is 64.3 Å². The predicted octanol–water partition coefficient (Wildman–Crippen LogP) is 3.00. The van der Waals surface area contributed by atoms with Gasteiger partial charge in [0.25, 0.3) is 0 Å². The van der Waals surface area contributed by atoms with Crippen molar-refractivity contribution < 1.29 is 4.74 Å². The summed E-state index contributed by atoms with van der Waals surface area (Å²) < 4.78 is 6.26. The van der Waals surface area contributed by atoms with E-state index in [1.54, 1.807) is 12.3 Å². The molecule has 0 saturated carbocycles. The number of hydrogen-bond donors (Lipinski definition) is 3. The fourth-order valence-electron chi connectivity index (χ4n) is 4.79. The molecule has 9 heteroatoms. The third-order valence-corrected chi connectivity index (χ3v) is 6.53. The van der Waals surface area contributed by atoms with Gasteiger partial charge in [-0.3, -0.25) is 4.79 Å². The molecule has 2 atom stereocenters. The lowest BCUT2D eigenvalue weighted by molar-refractivity contribution is -0.0893. The van der Waals surface area contributed by atoms with Gasteiger partial charge in [0.2, 0.25) is 11.5 Å². The summed E-state index contributed by atoms with van der Waals surface area (Å²) in [5, 5.41) is 6.33. The van der Waals surface area contributed by atoms with Gasteiger partial charge in [-0.05, 0) is 45.5 Å². The third kappa shape index (κ3) is 3.87. The number of nitrogens with one attached hydrogen (secondary N) is 3. The summed E-state index contributed by atoms with van der Waals surface area (Å²) in [5.74, 6) is 2.11. The van der Waals surface area contributed by atoms with Gasteiger partial charge in [0.05, 0.1) is 23.9 Å². The summed E-state index contributed by atoms with van der Waals surface area (Å²) >= 11 is 0. The SMILES string of the molecule is CNCc1cccc(N2c3nc(Nc4cc[nH]c(=O)c4)ncc3[C@@]3(C)COC(C)(C)C[C@@H]23)n1. The van der Waals surface area contributed by atoms with Crippen LogP contribution in [0.1, 0.15) is 38.4 Å². The summed E-state index contributed by atoms with van der Waals surface area (Å²) in [4.78, 5) is 31.0. The summed E-state index contributed by atoms with van der Waals surface area (Å²) in [6, 6.07) is 9.46. The summed E-state index contributed by atoms with van der Waals surface area (Å²) in [6.07, 6.45) is 4.30. The van der Waals surface area contributed by atoms with E-state index in [4.69, 9.17) is 14.7 Å².